The summed E-state index contributed by atoms with van der Waals surface area (Å²) >= 11 is 5.58. The van der Waals surface area contributed by atoms with E-state index in [0.29, 0.717) is 12.3 Å². The van der Waals surface area contributed by atoms with Gasteiger partial charge in [-0.2, -0.15) is 0 Å². The first-order chi connectivity index (χ1) is 8.31. The summed E-state index contributed by atoms with van der Waals surface area (Å²) in [4.78, 5) is 19.8. The average Bonchev–Trinajstić information content (AvgIpc) is 2.40. The first-order valence-electron chi connectivity index (χ1n) is 5.80. The molecule has 0 spiro atoms. The van der Waals surface area contributed by atoms with Crippen LogP contribution < -0.4 is 4.90 Å². The molecule has 0 aliphatic carbocycles. The number of carbonyl (C=O) groups is 1. The molecule has 92 valence electrons. The van der Waals surface area contributed by atoms with Crippen LogP contribution in [0.25, 0.3) is 0 Å². The highest BCUT2D eigenvalue weighted by atomic mass is 35.5. The van der Waals surface area contributed by atoms with Crippen LogP contribution in [0.4, 0.5) is 5.69 Å². The van der Waals surface area contributed by atoms with Crippen molar-refractivity contribution in [3.63, 3.8) is 0 Å². The van der Waals surface area contributed by atoms with Crippen molar-refractivity contribution >= 4 is 23.2 Å². The summed E-state index contributed by atoms with van der Waals surface area (Å²) in [6.45, 7) is 3.30. The second kappa shape index (κ2) is 5.87. The van der Waals surface area contributed by atoms with Gasteiger partial charge < -0.3 is 9.80 Å². The third-order valence-corrected chi connectivity index (χ3v) is 3.16. The van der Waals surface area contributed by atoms with Crippen molar-refractivity contribution in [2.45, 2.75) is 6.42 Å². The fourth-order valence-corrected chi connectivity index (χ4v) is 2.17. The standard InChI is InChI=1S/C12H16ClN3O/c13-4-1-12(17)16-9-7-15(8-10-16)11-2-5-14-6-3-11/h2-3,5-6H,1,4,7-10H2. The van der Waals surface area contributed by atoms with E-state index < -0.39 is 0 Å². The highest BCUT2D eigenvalue weighted by Crippen LogP contribution is 2.15. The first kappa shape index (κ1) is 12.2. The Kier molecular flexibility index (Phi) is 4.20. The quantitative estimate of drug-likeness (QED) is 0.764. The molecule has 0 saturated carbocycles. The Bertz CT molecular complexity index is 363. The molecule has 2 rings (SSSR count). The second-order valence-electron chi connectivity index (χ2n) is 4.01. The van der Waals surface area contributed by atoms with Crippen molar-refractivity contribution in [1.29, 1.82) is 0 Å². The van der Waals surface area contributed by atoms with Gasteiger partial charge in [-0.05, 0) is 12.1 Å². The molecule has 1 aliphatic heterocycles. The van der Waals surface area contributed by atoms with Gasteiger partial charge in [-0.3, -0.25) is 9.78 Å². The van der Waals surface area contributed by atoms with E-state index in [9.17, 15) is 4.79 Å². The van der Waals surface area contributed by atoms with Gasteiger partial charge in [0, 0.05) is 56.6 Å². The van der Waals surface area contributed by atoms with E-state index in [4.69, 9.17) is 11.6 Å². The Hall–Kier alpha value is -1.29. The monoisotopic (exact) mass is 253 g/mol. The number of rotatable bonds is 3. The molecule has 0 bridgehead atoms. The molecule has 0 N–H and O–H groups in total. The predicted molar refractivity (Wildman–Crippen MR) is 68.4 cm³/mol. The molecule has 0 radical (unpaired) electrons. The highest BCUT2D eigenvalue weighted by molar-refractivity contribution is 6.18. The Morgan fingerprint density at radius 3 is 2.47 bits per heavy atom. The number of halogens is 1. The zero-order valence-corrected chi connectivity index (χ0v) is 10.4. The number of nitrogens with zero attached hydrogens (tertiary/aromatic N) is 3. The minimum atomic E-state index is 0.161. The van der Waals surface area contributed by atoms with Crippen LogP contribution in [0.5, 0.6) is 0 Å². The minimum absolute atomic E-state index is 0.161. The van der Waals surface area contributed by atoms with Gasteiger partial charge >= 0.3 is 0 Å². The molecule has 1 saturated heterocycles. The van der Waals surface area contributed by atoms with Crippen molar-refractivity contribution < 1.29 is 4.79 Å². The van der Waals surface area contributed by atoms with Crippen LogP contribution in [0.1, 0.15) is 6.42 Å². The van der Waals surface area contributed by atoms with Gasteiger partial charge in [0.15, 0.2) is 0 Å². The van der Waals surface area contributed by atoms with Gasteiger partial charge in [0.2, 0.25) is 5.91 Å². The molecule has 1 aromatic heterocycles. The van der Waals surface area contributed by atoms with Crippen LogP contribution in [-0.2, 0) is 4.79 Å². The maximum Gasteiger partial charge on any atom is 0.223 e. The normalized spacial score (nSPS) is 16.1. The van der Waals surface area contributed by atoms with E-state index in [-0.39, 0.29) is 5.91 Å². The third kappa shape index (κ3) is 3.09. The molecular weight excluding hydrogens is 238 g/mol. The zero-order valence-electron chi connectivity index (χ0n) is 9.68. The topological polar surface area (TPSA) is 36.4 Å². The number of hydrogen-bond donors (Lipinski definition) is 0. The summed E-state index contributed by atoms with van der Waals surface area (Å²) in [7, 11) is 0. The van der Waals surface area contributed by atoms with Gasteiger partial charge in [-0.25, -0.2) is 0 Å². The van der Waals surface area contributed by atoms with E-state index in [1.165, 1.54) is 5.69 Å². The van der Waals surface area contributed by atoms with Crippen LogP contribution in [-0.4, -0.2) is 47.9 Å². The van der Waals surface area contributed by atoms with E-state index in [1.54, 1.807) is 12.4 Å². The van der Waals surface area contributed by atoms with Crippen LogP contribution >= 0.6 is 11.6 Å². The molecule has 1 amide bonds. The molecule has 17 heavy (non-hydrogen) atoms. The van der Waals surface area contributed by atoms with E-state index in [1.807, 2.05) is 17.0 Å². The highest BCUT2D eigenvalue weighted by Gasteiger charge is 2.20. The second-order valence-corrected chi connectivity index (χ2v) is 4.39. The maximum absolute atomic E-state index is 11.7. The maximum atomic E-state index is 11.7. The molecule has 4 nitrogen and oxygen atoms in total. The number of alkyl halides is 1. The van der Waals surface area contributed by atoms with Crippen LogP contribution in [0.3, 0.4) is 0 Å². The Morgan fingerprint density at radius 2 is 1.88 bits per heavy atom. The molecule has 0 aromatic carbocycles. The van der Waals surface area contributed by atoms with Gasteiger partial charge in [-0.1, -0.05) is 0 Å². The molecule has 1 fully saturated rings. The molecule has 2 heterocycles. The lowest BCUT2D eigenvalue weighted by atomic mass is 10.2. The van der Waals surface area contributed by atoms with Crippen molar-refractivity contribution in [2.75, 3.05) is 37.0 Å². The van der Waals surface area contributed by atoms with Crippen LogP contribution in [0, 0.1) is 0 Å². The number of aromatic nitrogens is 1. The van der Waals surface area contributed by atoms with Crippen LogP contribution in [0.15, 0.2) is 24.5 Å². The Balaban J connectivity index is 1.88. The number of hydrogen-bond acceptors (Lipinski definition) is 3. The number of pyridine rings is 1. The van der Waals surface area contributed by atoms with Crippen molar-refractivity contribution in [1.82, 2.24) is 9.88 Å². The summed E-state index contributed by atoms with van der Waals surface area (Å²) in [5, 5.41) is 0. The number of anilines is 1. The first-order valence-corrected chi connectivity index (χ1v) is 6.33. The van der Waals surface area contributed by atoms with Crippen LogP contribution in [0.2, 0.25) is 0 Å². The molecule has 0 atom stereocenters. The summed E-state index contributed by atoms with van der Waals surface area (Å²) in [6, 6.07) is 3.99. The summed E-state index contributed by atoms with van der Waals surface area (Å²) in [5.74, 6) is 0.568. The molecule has 0 unspecified atom stereocenters. The van der Waals surface area contributed by atoms with Gasteiger partial charge in [0.25, 0.3) is 0 Å². The van der Waals surface area contributed by atoms with E-state index in [2.05, 4.69) is 9.88 Å². The third-order valence-electron chi connectivity index (χ3n) is 2.97. The molecule has 1 aliphatic rings. The van der Waals surface area contributed by atoms with Gasteiger partial charge in [-0.15, -0.1) is 11.6 Å². The van der Waals surface area contributed by atoms with Crippen molar-refractivity contribution in [3.05, 3.63) is 24.5 Å². The van der Waals surface area contributed by atoms with E-state index >= 15 is 0 Å². The van der Waals surface area contributed by atoms with Crippen molar-refractivity contribution in [3.8, 4) is 0 Å². The van der Waals surface area contributed by atoms with Gasteiger partial charge in [0.1, 0.15) is 0 Å². The summed E-state index contributed by atoms with van der Waals surface area (Å²) < 4.78 is 0. The van der Waals surface area contributed by atoms with E-state index in [0.717, 1.165) is 26.2 Å². The minimum Gasteiger partial charge on any atom is -0.368 e. The summed E-state index contributed by atoms with van der Waals surface area (Å²) in [5.41, 5.74) is 1.17. The number of piperazine rings is 1. The zero-order chi connectivity index (χ0) is 12.1. The Morgan fingerprint density at radius 1 is 1.24 bits per heavy atom. The lowest BCUT2D eigenvalue weighted by Gasteiger charge is -2.36. The Labute approximate surface area is 106 Å². The number of amides is 1. The largest absolute Gasteiger partial charge is 0.368 e. The fourth-order valence-electron chi connectivity index (χ4n) is 2.01. The van der Waals surface area contributed by atoms with Gasteiger partial charge in [0.05, 0.1) is 0 Å². The SMILES string of the molecule is O=C(CCCl)N1CCN(c2ccncc2)CC1. The average molecular weight is 254 g/mol. The lowest BCUT2D eigenvalue weighted by molar-refractivity contribution is -0.131. The molecular formula is C12H16ClN3O. The van der Waals surface area contributed by atoms with Crippen molar-refractivity contribution in [2.24, 2.45) is 0 Å². The number of carbonyl (C=O) groups excluding carboxylic acids is 1. The fraction of sp³-hybridized carbons (Fsp3) is 0.500. The molecule has 5 heteroatoms. The lowest BCUT2D eigenvalue weighted by Crippen LogP contribution is -2.48. The predicted octanol–water partition coefficient (Wildman–Crippen LogP) is 1.36. The molecule has 1 aromatic rings. The summed E-state index contributed by atoms with van der Waals surface area (Å²) in [6.07, 6.45) is 4.03. The smallest absolute Gasteiger partial charge is 0.223 e.